The van der Waals surface area contributed by atoms with E-state index in [1.54, 1.807) is 12.1 Å². The Hall–Kier alpha value is -2.76. The van der Waals surface area contributed by atoms with Gasteiger partial charge in [-0.2, -0.15) is 0 Å². The minimum absolute atomic E-state index is 0.0909. The van der Waals surface area contributed by atoms with E-state index in [-0.39, 0.29) is 5.75 Å². The van der Waals surface area contributed by atoms with Crippen molar-refractivity contribution < 1.29 is 14.6 Å². The molecule has 0 bridgehead atoms. The van der Waals surface area contributed by atoms with Crippen LogP contribution in [0.25, 0.3) is 16.7 Å². The maximum absolute atomic E-state index is 10.4. The zero-order valence-electron chi connectivity index (χ0n) is 17.4. The van der Waals surface area contributed by atoms with Crippen LogP contribution in [0.15, 0.2) is 36.4 Å². The molecule has 0 aliphatic rings. The molecule has 0 saturated heterocycles. The van der Waals surface area contributed by atoms with Gasteiger partial charge in [0, 0.05) is 12.1 Å². The summed E-state index contributed by atoms with van der Waals surface area (Å²) in [4.78, 5) is 1.45. The Labute approximate surface area is 172 Å². The highest BCUT2D eigenvalue weighted by atomic mass is 16.5. The SMILES string of the molecule is CCCCCCCOc1ccc(-n2nc3ccc(OCCCC)cc3n2)c(O)c1. The number of benzene rings is 2. The lowest BCUT2D eigenvalue weighted by molar-refractivity contribution is 0.303. The summed E-state index contributed by atoms with van der Waals surface area (Å²) in [6, 6.07) is 10.9. The molecule has 156 valence electrons. The third kappa shape index (κ3) is 5.86. The lowest BCUT2D eigenvalue weighted by Crippen LogP contribution is -2.01. The van der Waals surface area contributed by atoms with E-state index in [0.29, 0.717) is 24.7 Å². The van der Waals surface area contributed by atoms with Gasteiger partial charge in [-0.05, 0) is 37.1 Å². The number of aromatic hydroxyl groups is 1. The Kier molecular flexibility index (Phi) is 7.73. The average Bonchev–Trinajstić information content (AvgIpc) is 3.14. The lowest BCUT2D eigenvalue weighted by Gasteiger charge is -2.08. The van der Waals surface area contributed by atoms with Gasteiger partial charge in [0.2, 0.25) is 0 Å². The summed E-state index contributed by atoms with van der Waals surface area (Å²) in [6.45, 7) is 5.69. The van der Waals surface area contributed by atoms with Crippen LogP contribution < -0.4 is 9.47 Å². The molecule has 0 spiro atoms. The van der Waals surface area contributed by atoms with Crippen molar-refractivity contribution in [3.05, 3.63) is 36.4 Å². The molecule has 29 heavy (non-hydrogen) atoms. The van der Waals surface area contributed by atoms with E-state index in [1.165, 1.54) is 30.5 Å². The van der Waals surface area contributed by atoms with Crippen LogP contribution in [-0.4, -0.2) is 33.3 Å². The number of hydrogen-bond donors (Lipinski definition) is 1. The average molecular weight is 398 g/mol. The van der Waals surface area contributed by atoms with Gasteiger partial charge >= 0.3 is 0 Å². The van der Waals surface area contributed by atoms with Crippen molar-refractivity contribution >= 4 is 11.0 Å². The molecule has 1 aromatic heterocycles. The minimum atomic E-state index is 0.0909. The molecule has 0 aliphatic carbocycles. The number of rotatable bonds is 12. The molecule has 0 aliphatic heterocycles. The third-order valence-electron chi connectivity index (χ3n) is 4.80. The molecule has 2 aromatic carbocycles. The number of nitrogens with zero attached hydrogens (tertiary/aromatic N) is 3. The van der Waals surface area contributed by atoms with Gasteiger partial charge in [0.15, 0.2) is 0 Å². The topological polar surface area (TPSA) is 69.4 Å². The first-order valence-electron chi connectivity index (χ1n) is 10.7. The van der Waals surface area contributed by atoms with E-state index >= 15 is 0 Å². The Morgan fingerprint density at radius 2 is 1.41 bits per heavy atom. The number of aromatic nitrogens is 3. The van der Waals surface area contributed by atoms with Gasteiger partial charge in [0.05, 0.1) is 13.2 Å². The quantitative estimate of drug-likeness (QED) is 0.400. The number of fused-ring (bicyclic) bond motifs is 1. The van der Waals surface area contributed by atoms with Gasteiger partial charge in [-0.25, -0.2) is 0 Å². The maximum atomic E-state index is 10.4. The largest absolute Gasteiger partial charge is 0.505 e. The van der Waals surface area contributed by atoms with E-state index < -0.39 is 0 Å². The molecular weight excluding hydrogens is 366 g/mol. The van der Waals surface area contributed by atoms with Crippen molar-refractivity contribution in [2.24, 2.45) is 0 Å². The molecule has 3 aromatic rings. The first-order valence-corrected chi connectivity index (χ1v) is 10.7. The van der Waals surface area contributed by atoms with Crippen LogP contribution in [0.5, 0.6) is 17.2 Å². The molecule has 6 nitrogen and oxygen atoms in total. The van der Waals surface area contributed by atoms with Crippen molar-refractivity contribution in [2.45, 2.75) is 58.8 Å². The smallest absolute Gasteiger partial charge is 0.146 e. The summed E-state index contributed by atoms with van der Waals surface area (Å²) in [5.74, 6) is 1.53. The highest BCUT2D eigenvalue weighted by Gasteiger charge is 2.11. The summed E-state index contributed by atoms with van der Waals surface area (Å²) >= 11 is 0. The predicted octanol–water partition coefficient (Wildman–Crippen LogP) is 5.65. The van der Waals surface area contributed by atoms with Gasteiger partial charge < -0.3 is 14.6 Å². The van der Waals surface area contributed by atoms with Crippen LogP contribution in [-0.2, 0) is 0 Å². The molecule has 0 amide bonds. The molecule has 6 heteroatoms. The zero-order chi connectivity index (χ0) is 20.5. The molecular formula is C23H31N3O3. The summed E-state index contributed by atoms with van der Waals surface area (Å²) < 4.78 is 11.5. The molecule has 3 rings (SSSR count). The highest BCUT2D eigenvalue weighted by Crippen LogP contribution is 2.27. The Bertz CT molecular complexity index is 908. The summed E-state index contributed by atoms with van der Waals surface area (Å²) in [6.07, 6.45) is 8.06. The molecule has 1 N–H and O–H groups in total. The van der Waals surface area contributed by atoms with Gasteiger partial charge in [-0.3, -0.25) is 0 Å². The number of hydrogen-bond acceptors (Lipinski definition) is 5. The van der Waals surface area contributed by atoms with Crippen LogP contribution in [0, 0.1) is 0 Å². The number of phenols is 1. The van der Waals surface area contributed by atoms with Crippen molar-refractivity contribution in [3.63, 3.8) is 0 Å². The number of phenolic OH excluding ortho intramolecular Hbond substituents is 1. The van der Waals surface area contributed by atoms with Gasteiger partial charge in [0.25, 0.3) is 0 Å². The molecule has 1 heterocycles. The molecule has 0 radical (unpaired) electrons. The number of ether oxygens (including phenoxy) is 2. The summed E-state index contributed by atoms with van der Waals surface area (Å²) in [7, 11) is 0. The third-order valence-corrected chi connectivity index (χ3v) is 4.80. The van der Waals surface area contributed by atoms with Crippen molar-refractivity contribution in [3.8, 4) is 22.9 Å². The van der Waals surface area contributed by atoms with Gasteiger partial charge in [-0.1, -0.05) is 46.0 Å². The van der Waals surface area contributed by atoms with E-state index in [2.05, 4.69) is 24.0 Å². The fourth-order valence-corrected chi connectivity index (χ4v) is 3.08. The second-order valence-electron chi connectivity index (χ2n) is 7.26. The van der Waals surface area contributed by atoms with Crippen molar-refractivity contribution in [1.82, 2.24) is 15.0 Å². The fourth-order valence-electron chi connectivity index (χ4n) is 3.08. The Balaban J connectivity index is 1.64. The van der Waals surface area contributed by atoms with E-state index in [1.807, 2.05) is 24.3 Å². The van der Waals surface area contributed by atoms with Crippen LogP contribution >= 0.6 is 0 Å². The van der Waals surface area contributed by atoms with Gasteiger partial charge in [0.1, 0.15) is 34.0 Å². The maximum Gasteiger partial charge on any atom is 0.146 e. The molecule has 0 saturated carbocycles. The fraction of sp³-hybridized carbons (Fsp3) is 0.478. The Morgan fingerprint density at radius 1 is 0.759 bits per heavy atom. The standard InChI is InChI=1S/C23H31N3O3/c1-3-5-7-8-9-15-29-19-11-13-22(23(27)17-19)26-24-20-12-10-18(16-21(20)25-26)28-14-6-4-2/h10-13,16-17,27H,3-9,14-15H2,1-2H3. The lowest BCUT2D eigenvalue weighted by atomic mass is 10.2. The molecule has 0 atom stereocenters. The van der Waals surface area contributed by atoms with Crippen molar-refractivity contribution in [1.29, 1.82) is 0 Å². The summed E-state index contributed by atoms with van der Waals surface area (Å²) in [5.41, 5.74) is 2.00. The monoisotopic (exact) mass is 397 g/mol. The predicted molar refractivity (Wildman–Crippen MR) is 115 cm³/mol. The van der Waals surface area contributed by atoms with E-state index in [4.69, 9.17) is 9.47 Å². The molecule has 0 fully saturated rings. The first kappa shape index (κ1) is 21.0. The van der Waals surface area contributed by atoms with Crippen LogP contribution in [0.2, 0.25) is 0 Å². The van der Waals surface area contributed by atoms with E-state index in [0.717, 1.165) is 36.0 Å². The molecule has 0 unspecified atom stereocenters. The highest BCUT2D eigenvalue weighted by molar-refractivity contribution is 5.75. The van der Waals surface area contributed by atoms with E-state index in [9.17, 15) is 5.11 Å². The van der Waals surface area contributed by atoms with Gasteiger partial charge in [-0.15, -0.1) is 15.0 Å². The van der Waals surface area contributed by atoms with Crippen LogP contribution in [0.3, 0.4) is 0 Å². The number of unbranched alkanes of at least 4 members (excludes halogenated alkanes) is 5. The second kappa shape index (κ2) is 10.7. The second-order valence-corrected chi connectivity index (χ2v) is 7.26. The minimum Gasteiger partial charge on any atom is -0.505 e. The van der Waals surface area contributed by atoms with Crippen LogP contribution in [0.1, 0.15) is 58.8 Å². The Morgan fingerprint density at radius 3 is 2.17 bits per heavy atom. The van der Waals surface area contributed by atoms with Crippen LogP contribution in [0.4, 0.5) is 0 Å². The summed E-state index contributed by atoms with van der Waals surface area (Å²) in [5, 5.41) is 19.4. The first-order chi connectivity index (χ1) is 14.2. The zero-order valence-corrected chi connectivity index (χ0v) is 17.4. The normalized spacial score (nSPS) is 11.1. The van der Waals surface area contributed by atoms with Crippen molar-refractivity contribution in [2.75, 3.05) is 13.2 Å².